The van der Waals surface area contributed by atoms with Crippen LogP contribution in [0, 0.1) is 5.92 Å². The molecule has 1 unspecified atom stereocenters. The Hall–Kier alpha value is -0.600. The molecule has 1 rings (SSSR count). The first kappa shape index (κ1) is 9.49. The van der Waals surface area contributed by atoms with Crippen molar-refractivity contribution in [1.29, 1.82) is 0 Å². The van der Waals surface area contributed by atoms with Gasteiger partial charge in [0.05, 0.1) is 0 Å². The number of halogens is 1. The molecule has 0 fully saturated rings. The molecular weight excluding hydrogens is 174 g/mol. The highest BCUT2D eigenvalue weighted by Crippen LogP contribution is 2.11. The third-order valence-electron chi connectivity index (χ3n) is 1.69. The molecule has 3 heteroatoms. The zero-order valence-corrected chi connectivity index (χ0v) is 7.75. The SMILES string of the molecule is CC(CO)Cc1ccnc(Cl)c1. The Morgan fingerprint density at radius 3 is 3.00 bits per heavy atom. The lowest BCUT2D eigenvalue weighted by Crippen LogP contribution is -2.04. The molecule has 1 N–H and O–H groups in total. The highest BCUT2D eigenvalue weighted by molar-refractivity contribution is 6.29. The standard InChI is InChI=1S/C9H12ClNO/c1-7(6-12)4-8-2-3-11-9(10)5-8/h2-3,5,7,12H,4,6H2,1H3. The fraction of sp³-hybridized carbons (Fsp3) is 0.444. The first-order valence-corrected chi connectivity index (χ1v) is 4.31. The summed E-state index contributed by atoms with van der Waals surface area (Å²) in [5.41, 5.74) is 1.12. The summed E-state index contributed by atoms with van der Waals surface area (Å²) in [5.74, 6) is 0.281. The topological polar surface area (TPSA) is 33.1 Å². The van der Waals surface area contributed by atoms with Crippen LogP contribution in [0.5, 0.6) is 0 Å². The summed E-state index contributed by atoms with van der Waals surface area (Å²) in [6.07, 6.45) is 2.53. The minimum Gasteiger partial charge on any atom is -0.396 e. The van der Waals surface area contributed by atoms with E-state index >= 15 is 0 Å². The summed E-state index contributed by atoms with van der Waals surface area (Å²) < 4.78 is 0. The van der Waals surface area contributed by atoms with Crippen molar-refractivity contribution in [3.05, 3.63) is 29.0 Å². The minimum atomic E-state index is 0.208. The molecule has 12 heavy (non-hydrogen) atoms. The molecule has 0 bridgehead atoms. The van der Waals surface area contributed by atoms with Crippen LogP contribution in [-0.2, 0) is 6.42 Å². The van der Waals surface area contributed by atoms with E-state index in [1.807, 2.05) is 19.1 Å². The van der Waals surface area contributed by atoms with E-state index in [1.165, 1.54) is 0 Å². The van der Waals surface area contributed by atoms with E-state index in [0.717, 1.165) is 12.0 Å². The van der Waals surface area contributed by atoms with Crippen molar-refractivity contribution in [1.82, 2.24) is 4.98 Å². The number of hydrogen-bond donors (Lipinski definition) is 1. The molecule has 0 amide bonds. The van der Waals surface area contributed by atoms with Crippen LogP contribution in [0.15, 0.2) is 18.3 Å². The average Bonchev–Trinajstić information content (AvgIpc) is 2.04. The third kappa shape index (κ3) is 2.80. The van der Waals surface area contributed by atoms with Gasteiger partial charge in [-0.3, -0.25) is 0 Å². The molecule has 0 spiro atoms. The van der Waals surface area contributed by atoms with Crippen molar-refractivity contribution < 1.29 is 5.11 Å². The lowest BCUT2D eigenvalue weighted by Gasteiger charge is -2.06. The Labute approximate surface area is 77.2 Å². The summed E-state index contributed by atoms with van der Waals surface area (Å²) in [7, 11) is 0. The van der Waals surface area contributed by atoms with Crippen molar-refractivity contribution >= 4 is 11.6 Å². The Balaban J connectivity index is 2.63. The first-order chi connectivity index (χ1) is 5.72. The minimum absolute atomic E-state index is 0.208. The fourth-order valence-corrected chi connectivity index (χ4v) is 1.23. The Morgan fingerprint density at radius 1 is 1.67 bits per heavy atom. The van der Waals surface area contributed by atoms with Gasteiger partial charge in [0.2, 0.25) is 0 Å². The summed E-state index contributed by atoms with van der Waals surface area (Å²) in [4.78, 5) is 3.88. The second-order valence-corrected chi connectivity index (χ2v) is 3.37. The third-order valence-corrected chi connectivity index (χ3v) is 1.89. The fourth-order valence-electron chi connectivity index (χ4n) is 1.04. The lowest BCUT2D eigenvalue weighted by atomic mass is 10.0. The zero-order chi connectivity index (χ0) is 8.97. The van der Waals surface area contributed by atoms with E-state index in [9.17, 15) is 0 Å². The van der Waals surface area contributed by atoms with Gasteiger partial charge in [-0.25, -0.2) is 4.98 Å². The van der Waals surface area contributed by atoms with Gasteiger partial charge in [0, 0.05) is 12.8 Å². The first-order valence-electron chi connectivity index (χ1n) is 3.93. The predicted octanol–water partition coefficient (Wildman–Crippen LogP) is 1.91. The van der Waals surface area contributed by atoms with Crippen molar-refractivity contribution in [2.45, 2.75) is 13.3 Å². The highest BCUT2D eigenvalue weighted by Gasteiger charge is 2.01. The van der Waals surface area contributed by atoms with Gasteiger partial charge < -0.3 is 5.11 Å². The van der Waals surface area contributed by atoms with Crippen molar-refractivity contribution in [3.8, 4) is 0 Å². The molecule has 0 aliphatic heterocycles. The normalized spacial score (nSPS) is 12.9. The molecule has 0 aromatic carbocycles. The number of pyridine rings is 1. The van der Waals surface area contributed by atoms with Gasteiger partial charge in [0.15, 0.2) is 0 Å². The maximum absolute atomic E-state index is 8.82. The molecular formula is C9H12ClNO. The molecule has 1 heterocycles. The Kier molecular flexibility index (Phi) is 3.50. The van der Waals surface area contributed by atoms with E-state index in [-0.39, 0.29) is 12.5 Å². The maximum Gasteiger partial charge on any atom is 0.129 e. The van der Waals surface area contributed by atoms with Crippen LogP contribution >= 0.6 is 11.6 Å². The van der Waals surface area contributed by atoms with Crippen LogP contribution in [0.2, 0.25) is 5.15 Å². The van der Waals surface area contributed by atoms with Gasteiger partial charge in [0.1, 0.15) is 5.15 Å². The molecule has 0 aliphatic rings. The van der Waals surface area contributed by atoms with Crippen molar-refractivity contribution in [2.24, 2.45) is 5.92 Å². The lowest BCUT2D eigenvalue weighted by molar-refractivity contribution is 0.237. The second kappa shape index (κ2) is 4.43. The predicted molar refractivity (Wildman–Crippen MR) is 49.2 cm³/mol. The molecule has 0 radical (unpaired) electrons. The second-order valence-electron chi connectivity index (χ2n) is 2.98. The Morgan fingerprint density at radius 2 is 2.42 bits per heavy atom. The number of hydrogen-bond acceptors (Lipinski definition) is 2. The highest BCUT2D eigenvalue weighted by atomic mass is 35.5. The van der Waals surface area contributed by atoms with Gasteiger partial charge >= 0.3 is 0 Å². The quantitative estimate of drug-likeness (QED) is 0.730. The number of rotatable bonds is 3. The molecule has 1 aromatic heterocycles. The van der Waals surface area contributed by atoms with E-state index in [1.54, 1.807) is 6.20 Å². The Bertz CT molecular complexity index is 252. The maximum atomic E-state index is 8.82. The van der Waals surface area contributed by atoms with Gasteiger partial charge in [-0.2, -0.15) is 0 Å². The number of aliphatic hydroxyl groups excluding tert-OH is 1. The van der Waals surface area contributed by atoms with E-state index in [4.69, 9.17) is 16.7 Å². The molecule has 66 valence electrons. The van der Waals surface area contributed by atoms with E-state index < -0.39 is 0 Å². The smallest absolute Gasteiger partial charge is 0.129 e. The monoisotopic (exact) mass is 185 g/mol. The van der Waals surface area contributed by atoms with Crippen LogP contribution in [0.25, 0.3) is 0 Å². The average molecular weight is 186 g/mol. The van der Waals surface area contributed by atoms with Gasteiger partial charge in [-0.1, -0.05) is 18.5 Å². The summed E-state index contributed by atoms with van der Waals surface area (Å²) in [6, 6.07) is 3.74. The molecule has 1 atom stereocenters. The van der Waals surface area contributed by atoms with Crippen molar-refractivity contribution in [2.75, 3.05) is 6.61 Å². The molecule has 0 saturated heterocycles. The zero-order valence-electron chi connectivity index (χ0n) is 7.00. The van der Waals surface area contributed by atoms with Crippen LogP contribution in [0.1, 0.15) is 12.5 Å². The number of aliphatic hydroxyl groups is 1. The van der Waals surface area contributed by atoms with Crippen LogP contribution < -0.4 is 0 Å². The molecule has 2 nitrogen and oxygen atoms in total. The molecule has 1 aromatic rings. The largest absolute Gasteiger partial charge is 0.396 e. The number of nitrogens with zero attached hydrogens (tertiary/aromatic N) is 1. The van der Waals surface area contributed by atoms with Crippen LogP contribution in [0.4, 0.5) is 0 Å². The van der Waals surface area contributed by atoms with E-state index in [2.05, 4.69) is 4.98 Å². The molecule has 0 saturated carbocycles. The van der Waals surface area contributed by atoms with Crippen molar-refractivity contribution in [3.63, 3.8) is 0 Å². The summed E-state index contributed by atoms with van der Waals surface area (Å²) in [6.45, 7) is 2.20. The summed E-state index contributed by atoms with van der Waals surface area (Å²) in [5, 5.41) is 9.33. The van der Waals surface area contributed by atoms with E-state index in [0.29, 0.717) is 5.15 Å². The molecule has 0 aliphatic carbocycles. The van der Waals surface area contributed by atoms with Gasteiger partial charge in [-0.05, 0) is 30.0 Å². The van der Waals surface area contributed by atoms with Crippen LogP contribution in [-0.4, -0.2) is 16.7 Å². The summed E-state index contributed by atoms with van der Waals surface area (Å²) >= 11 is 5.70. The van der Waals surface area contributed by atoms with Gasteiger partial charge in [-0.15, -0.1) is 0 Å². The van der Waals surface area contributed by atoms with Gasteiger partial charge in [0.25, 0.3) is 0 Å². The number of aromatic nitrogens is 1. The van der Waals surface area contributed by atoms with Crippen LogP contribution in [0.3, 0.4) is 0 Å².